The van der Waals surface area contributed by atoms with Crippen molar-refractivity contribution in [3.63, 3.8) is 0 Å². The molecule has 7 heavy (non-hydrogen) atoms. The number of hydrogen-bond acceptors (Lipinski definition) is 2. The molecule has 40 valence electrons. The van der Waals surface area contributed by atoms with E-state index in [1.54, 1.807) is 0 Å². The average molecular weight is 118 g/mol. The van der Waals surface area contributed by atoms with Crippen molar-refractivity contribution in [3.05, 3.63) is 0 Å². The number of rotatable bonds is 1. The van der Waals surface area contributed by atoms with E-state index in [4.69, 9.17) is 0 Å². The first-order valence-electron chi connectivity index (χ1n) is 1.95. The number of nitrogens with zero attached hydrogens (tertiary/aromatic N) is 1. The zero-order valence-corrected chi connectivity index (χ0v) is 4.40. The molecule has 0 radical (unpaired) electrons. The summed E-state index contributed by atoms with van der Waals surface area (Å²) in [7, 11) is 0. The maximum atomic E-state index is 9.66. The molecule has 1 fully saturated rings. The summed E-state index contributed by atoms with van der Waals surface area (Å²) in [5.41, 5.74) is 0.799. The second-order valence-electron chi connectivity index (χ2n) is 1.37. The van der Waals surface area contributed by atoms with Gasteiger partial charge in [-0.3, -0.25) is 4.21 Å². The van der Waals surface area contributed by atoms with E-state index in [2.05, 4.69) is 4.40 Å². The van der Waals surface area contributed by atoms with Crippen molar-refractivity contribution in [2.24, 2.45) is 4.40 Å². The largest absolute Gasteiger partial charge is 0.754 e. The zero-order valence-electron chi connectivity index (χ0n) is 3.59. The fourth-order valence-corrected chi connectivity index (χ4v) is 0.646. The Morgan fingerprint density at radius 3 is 2.43 bits per heavy atom. The Morgan fingerprint density at radius 1 is 1.71 bits per heavy atom. The Kier molecular flexibility index (Phi) is 1.21. The van der Waals surface area contributed by atoms with Gasteiger partial charge in [-0.2, -0.15) is 0 Å². The third-order valence-electron chi connectivity index (χ3n) is 0.677. The van der Waals surface area contributed by atoms with Gasteiger partial charge in [0.15, 0.2) is 0 Å². The lowest BCUT2D eigenvalue weighted by Gasteiger charge is -1.89. The molecule has 1 saturated carbocycles. The van der Waals surface area contributed by atoms with Crippen LogP contribution < -0.4 is 0 Å². The molecule has 1 unspecified atom stereocenters. The topological polar surface area (TPSA) is 52.5 Å². The van der Waals surface area contributed by atoms with Crippen LogP contribution in [0.15, 0.2) is 4.40 Å². The Balaban J connectivity index is 2.45. The van der Waals surface area contributed by atoms with Crippen LogP contribution in [0.3, 0.4) is 0 Å². The van der Waals surface area contributed by atoms with E-state index >= 15 is 0 Å². The summed E-state index contributed by atoms with van der Waals surface area (Å²) in [6.07, 6.45) is 1.74. The van der Waals surface area contributed by atoms with E-state index in [-0.39, 0.29) is 0 Å². The van der Waals surface area contributed by atoms with Crippen LogP contribution in [0.25, 0.3) is 0 Å². The Hall–Kier alpha value is -0.220. The molecule has 0 amide bonds. The van der Waals surface area contributed by atoms with Gasteiger partial charge in [-0.1, -0.05) is 0 Å². The minimum absolute atomic E-state index is 0.799. The third kappa shape index (κ3) is 1.80. The van der Waals surface area contributed by atoms with Crippen molar-refractivity contribution in [1.82, 2.24) is 0 Å². The van der Waals surface area contributed by atoms with Crippen LogP contribution in [0.1, 0.15) is 12.8 Å². The number of hydrogen-bond donors (Lipinski definition) is 0. The first kappa shape index (κ1) is 4.93. The van der Waals surface area contributed by atoms with E-state index in [9.17, 15) is 8.76 Å². The minimum Gasteiger partial charge on any atom is -0.754 e. The summed E-state index contributed by atoms with van der Waals surface area (Å²) >= 11 is -2.20. The maximum absolute atomic E-state index is 9.66. The summed E-state index contributed by atoms with van der Waals surface area (Å²) in [5.74, 6) is 0. The molecule has 0 aromatic rings. The molecule has 0 aromatic heterocycles. The SMILES string of the molecule is O=S([O-])N=C1CC1. The lowest BCUT2D eigenvalue weighted by molar-refractivity contribution is 0.539. The van der Waals surface area contributed by atoms with Crippen LogP contribution in [0.5, 0.6) is 0 Å². The highest BCUT2D eigenvalue weighted by Gasteiger charge is 2.12. The maximum Gasteiger partial charge on any atom is 0.0676 e. The predicted octanol–water partition coefficient (Wildman–Crippen LogP) is 0.0153. The highest BCUT2D eigenvalue weighted by molar-refractivity contribution is 7.77. The van der Waals surface area contributed by atoms with Gasteiger partial charge in [-0.05, 0) is 12.8 Å². The molecular formula is C3H4NO2S-. The standard InChI is InChI=1S/C3H5NO2S/c5-7(6)4-3-1-2-3/h1-2H2,(H,5,6)/p-1. The minimum atomic E-state index is -2.20. The second-order valence-corrected chi connectivity index (χ2v) is 1.99. The van der Waals surface area contributed by atoms with Gasteiger partial charge in [-0.15, -0.1) is 0 Å². The van der Waals surface area contributed by atoms with E-state index in [0.29, 0.717) is 0 Å². The van der Waals surface area contributed by atoms with Gasteiger partial charge in [0.1, 0.15) is 0 Å². The molecule has 0 saturated heterocycles. The normalized spacial score (nSPS) is 21.6. The van der Waals surface area contributed by atoms with Crippen LogP contribution in [-0.4, -0.2) is 14.5 Å². The van der Waals surface area contributed by atoms with E-state index in [0.717, 1.165) is 18.6 Å². The molecule has 0 heterocycles. The Morgan fingerprint density at radius 2 is 2.29 bits per heavy atom. The zero-order chi connectivity index (χ0) is 5.28. The highest BCUT2D eigenvalue weighted by atomic mass is 32.2. The molecular weight excluding hydrogens is 114 g/mol. The molecule has 1 atom stereocenters. The molecule has 0 aromatic carbocycles. The molecule has 0 spiro atoms. The van der Waals surface area contributed by atoms with Crippen LogP contribution in [0, 0.1) is 0 Å². The average Bonchev–Trinajstić information content (AvgIpc) is 2.17. The lowest BCUT2D eigenvalue weighted by atomic mass is 10.9. The van der Waals surface area contributed by atoms with Crippen LogP contribution in [0.2, 0.25) is 0 Å². The van der Waals surface area contributed by atoms with E-state index in [1.807, 2.05) is 0 Å². The van der Waals surface area contributed by atoms with Crippen LogP contribution >= 0.6 is 0 Å². The van der Waals surface area contributed by atoms with E-state index < -0.39 is 11.3 Å². The molecule has 0 N–H and O–H groups in total. The summed E-state index contributed by atoms with van der Waals surface area (Å²) in [6, 6.07) is 0. The quantitative estimate of drug-likeness (QED) is 0.455. The molecule has 0 aliphatic heterocycles. The summed E-state index contributed by atoms with van der Waals surface area (Å²) < 4.78 is 22.5. The molecule has 0 bridgehead atoms. The van der Waals surface area contributed by atoms with Crippen LogP contribution in [-0.2, 0) is 11.3 Å². The Bertz CT molecular complexity index is 125. The van der Waals surface area contributed by atoms with Gasteiger partial charge in [0.2, 0.25) is 0 Å². The highest BCUT2D eigenvalue weighted by Crippen LogP contribution is 2.13. The van der Waals surface area contributed by atoms with Gasteiger partial charge < -0.3 is 4.55 Å². The van der Waals surface area contributed by atoms with Gasteiger partial charge in [0.25, 0.3) is 0 Å². The van der Waals surface area contributed by atoms with Gasteiger partial charge >= 0.3 is 0 Å². The van der Waals surface area contributed by atoms with Crippen LogP contribution in [0.4, 0.5) is 0 Å². The van der Waals surface area contributed by atoms with Crippen molar-refractivity contribution in [1.29, 1.82) is 0 Å². The smallest absolute Gasteiger partial charge is 0.0676 e. The molecule has 1 aliphatic rings. The molecule has 3 nitrogen and oxygen atoms in total. The van der Waals surface area contributed by atoms with Crippen molar-refractivity contribution < 1.29 is 8.76 Å². The van der Waals surface area contributed by atoms with Gasteiger partial charge in [-0.25, -0.2) is 4.40 Å². The van der Waals surface area contributed by atoms with E-state index in [1.165, 1.54) is 0 Å². The predicted molar refractivity (Wildman–Crippen MR) is 25.6 cm³/mol. The van der Waals surface area contributed by atoms with Gasteiger partial charge in [0.05, 0.1) is 11.3 Å². The summed E-state index contributed by atoms with van der Waals surface area (Å²) in [5, 5.41) is 0. The van der Waals surface area contributed by atoms with Gasteiger partial charge in [0, 0.05) is 5.71 Å². The first-order chi connectivity index (χ1) is 3.29. The Labute approximate surface area is 43.9 Å². The van der Waals surface area contributed by atoms with Crippen molar-refractivity contribution >= 4 is 17.0 Å². The van der Waals surface area contributed by atoms with Crippen molar-refractivity contribution in [2.75, 3.05) is 0 Å². The molecule has 1 rings (SSSR count). The fraction of sp³-hybridized carbons (Fsp3) is 0.667. The first-order valence-corrected chi connectivity index (χ1v) is 2.98. The lowest BCUT2D eigenvalue weighted by Crippen LogP contribution is -1.78. The summed E-state index contributed by atoms with van der Waals surface area (Å²) in [6.45, 7) is 0. The fourth-order valence-electron chi connectivity index (χ4n) is 0.253. The summed E-state index contributed by atoms with van der Waals surface area (Å²) in [4.78, 5) is 0. The second kappa shape index (κ2) is 1.71. The van der Waals surface area contributed by atoms with Crippen molar-refractivity contribution in [2.45, 2.75) is 12.8 Å². The third-order valence-corrected chi connectivity index (χ3v) is 1.08. The molecule has 1 aliphatic carbocycles. The monoisotopic (exact) mass is 118 g/mol. The van der Waals surface area contributed by atoms with Crippen molar-refractivity contribution in [3.8, 4) is 0 Å². The molecule has 4 heteroatoms.